The van der Waals surface area contributed by atoms with Crippen molar-refractivity contribution in [1.29, 1.82) is 0 Å². The van der Waals surface area contributed by atoms with Crippen LogP contribution in [0, 0.1) is 10.1 Å². The van der Waals surface area contributed by atoms with Gasteiger partial charge in [0.25, 0.3) is 11.6 Å². The minimum atomic E-state index is -3.92. The number of hydrogen-bond acceptors (Lipinski definition) is 7. The Morgan fingerprint density at radius 2 is 1.75 bits per heavy atom. The first-order chi connectivity index (χ1) is 15.0. The number of carbonyl (C=O) groups excluding carboxylic acids is 2. The highest BCUT2D eigenvalue weighted by Crippen LogP contribution is 2.26. The molecule has 1 N–H and O–H groups in total. The predicted molar refractivity (Wildman–Crippen MR) is 118 cm³/mol. The number of benzene rings is 2. The van der Waals surface area contributed by atoms with Crippen LogP contribution in [0.2, 0.25) is 5.02 Å². The molecule has 2 aromatic carbocycles. The molecule has 10 nitrogen and oxygen atoms in total. The fraction of sp³-hybridized carbons (Fsp3) is 0.300. The van der Waals surface area contributed by atoms with Gasteiger partial charge < -0.3 is 10.1 Å². The fourth-order valence-electron chi connectivity index (χ4n) is 2.72. The van der Waals surface area contributed by atoms with E-state index in [2.05, 4.69) is 5.32 Å². The number of nitro benzene ring substituents is 1. The molecule has 0 heterocycles. The van der Waals surface area contributed by atoms with Gasteiger partial charge in [-0.3, -0.25) is 14.9 Å². The summed E-state index contributed by atoms with van der Waals surface area (Å²) in [4.78, 5) is 34.7. The third-order valence-electron chi connectivity index (χ3n) is 4.49. The van der Waals surface area contributed by atoms with E-state index in [1.165, 1.54) is 47.6 Å². The lowest BCUT2D eigenvalue weighted by Gasteiger charge is -2.19. The molecule has 0 radical (unpaired) electrons. The number of hydrogen-bond donors (Lipinski definition) is 1. The van der Waals surface area contributed by atoms with Crippen LogP contribution in [0.1, 0.15) is 31.1 Å². The van der Waals surface area contributed by atoms with E-state index >= 15 is 0 Å². The van der Waals surface area contributed by atoms with Crippen molar-refractivity contribution in [3.63, 3.8) is 0 Å². The lowest BCUT2D eigenvalue weighted by molar-refractivity contribution is -0.384. The molecular weight excluding hydrogens is 462 g/mol. The third kappa shape index (κ3) is 5.81. The number of nitro groups is 1. The van der Waals surface area contributed by atoms with Crippen molar-refractivity contribution in [2.45, 2.75) is 31.8 Å². The van der Waals surface area contributed by atoms with Crippen molar-refractivity contribution in [1.82, 2.24) is 4.31 Å². The zero-order chi connectivity index (χ0) is 24.1. The van der Waals surface area contributed by atoms with Gasteiger partial charge in [0.15, 0.2) is 6.10 Å². The van der Waals surface area contributed by atoms with E-state index in [-0.39, 0.29) is 39.9 Å². The van der Waals surface area contributed by atoms with Crippen LogP contribution in [0.5, 0.6) is 0 Å². The summed E-state index contributed by atoms with van der Waals surface area (Å²) in [6, 6.07) is 8.81. The largest absolute Gasteiger partial charge is 0.449 e. The van der Waals surface area contributed by atoms with Crippen molar-refractivity contribution >= 4 is 44.9 Å². The zero-order valence-corrected chi connectivity index (χ0v) is 19.1. The second kappa shape index (κ2) is 10.5. The van der Waals surface area contributed by atoms with Gasteiger partial charge in [0.05, 0.1) is 15.5 Å². The second-order valence-corrected chi connectivity index (χ2v) is 8.89. The molecule has 2 rings (SSSR count). The normalized spacial score (nSPS) is 12.3. The number of halogens is 1. The number of rotatable bonds is 9. The maximum absolute atomic E-state index is 12.8. The van der Waals surface area contributed by atoms with Gasteiger partial charge in [-0.05, 0) is 37.3 Å². The molecule has 1 amide bonds. The number of anilines is 1. The van der Waals surface area contributed by atoms with Gasteiger partial charge in [0.2, 0.25) is 10.0 Å². The van der Waals surface area contributed by atoms with Crippen molar-refractivity contribution in [2.24, 2.45) is 0 Å². The number of nitrogens with zero attached hydrogens (tertiary/aromatic N) is 2. The molecule has 0 aromatic heterocycles. The van der Waals surface area contributed by atoms with Gasteiger partial charge in [0, 0.05) is 30.9 Å². The molecule has 0 bridgehead atoms. The van der Waals surface area contributed by atoms with Gasteiger partial charge in [-0.15, -0.1) is 0 Å². The maximum Gasteiger partial charge on any atom is 0.338 e. The highest BCUT2D eigenvalue weighted by molar-refractivity contribution is 7.89. The number of non-ortho nitro benzene ring substituents is 1. The minimum absolute atomic E-state index is 0.0441. The van der Waals surface area contributed by atoms with Crippen LogP contribution in [0.25, 0.3) is 0 Å². The van der Waals surface area contributed by atoms with Crippen molar-refractivity contribution in [3.05, 3.63) is 63.2 Å². The summed E-state index contributed by atoms with van der Waals surface area (Å²) in [5, 5.41) is 13.1. The van der Waals surface area contributed by atoms with Crippen LogP contribution in [0.4, 0.5) is 11.4 Å². The van der Waals surface area contributed by atoms with Crippen LogP contribution in [0.3, 0.4) is 0 Å². The van der Waals surface area contributed by atoms with E-state index in [9.17, 15) is 28.1 Å². The third-order valence-corrected chi connectivity index (χ3v) is 7.02. The van der Waals surface area contributed by atoms with Crippen molar-refractivity contribution in [3.8, 4) is 0 Å². The van der Waals surface area contributed by atoms with Crippen LogP contribution < -0.4 is 5.32 Å². The molecule has 12 heteroatoms. The molecule has 0 fully saturated rings. The van der Waals surface area contributed by atoms with Gasteiger partial charge in [0.1, 0.15) is 4.90 Å². The molecule has 1 unspecified atom stereocenters. The highest BCUT2D eigenvalue weighted by Gasteiger charge is 2.27. The van der Waals surface area contributed by atoms with Crippen LogP contribution >= 0.6 is 11.6 Å². The molecule has 0 saturated carbocycles. The quantitative estimate of drug-likeness (QED) is 0.327. The first-order valence-electron chi connectivity index (χ1n) is 9.57. The Kier molecular flexibility index (Phi) is 8.31. The number of carbonyl (C=O) groups is 2. The second-order valence-electron chi connectivity index (χ2n) is 6.58. The molecule has 1 atom stereocenters. The average Bonchev–Trinajstić information content (AvgIpc) is 2.74. The average molecular weight is 484 g/mol. The first-order valence-corrected chi connectivity index (χ1v) is 11.4. The molecule has 32 heavy (non-hydrogen) atoms. The summed E-state index contributed by atoms with van der Waals surface area (Å²) in [6.07, 6.45) is -1.23. The van der Waals surface area contributed by atoms with Crippen molar-refractivity contribution < 1.29 is 27.7 Å². The number of nitrogens with one attached hydrogen (secondary N) is 1. The highest BCUT2D eigenvalue weighted by atomic mass is 35.5. The fourth-order valence-corrected chi connectivity index (χ4v) is 4.68. The summed E-state index contributed by atoms with van der Waals surface area (Å²) in [5.74, 6) is -1.58. The van der Waals surface area contributed by atoms with Gasteiger partial charge >= 0.3 is 5.97 Å². The van der Waals surface area contributed by atoms with E-state index < -0.39 is 32.9 Å². The van der Waals surface area contributed by atoms with Crippen LogP contribution in [-0.2, 0) is 19.6 Å². The van der Waals surface area contributed by atoms with Gasteiger partial charge in [-0.2, -0.15) is 4.31 Å². The predicted octanol–water partition coefficient (Wildman–Crippen LogP) is 3.46. The SMILES string of the molecule is CCN(CC)S(=O)(=O)c1cc(C(=O)OC(C)C(=O)Nc2ccc([N+](=O)[O-])cc2)ccc1Cl. The lowest BCUT2D eigenvalue weighted by atomic mass is 10.2. The summed E-state index contributed by atoms with van der Waals surface area (Å²) < 4.78 is 31.9. The molecule has 0 spiro atoms. The standard InChI is InChI=1S/C20H22ClN3O7S/c1-4-23(5-2)32(29,30)18-12-14(6-11-17(18)21)20(26)31-13(3)19(25)22-15-7-9-16(10-8-15)24(27)28/h6-13H,4-5H2,1-3H3,(H,22,25). The number of sulfonamides is 1. The maximum atomic E-state index is 12.8. The Morgan fingerprint density at radius 3 is 2.28 bits per heavy atom. The molecular formula is C20H22ClN3O7S. The smallest absolute Gasteiger partial charge is 0.338 e. The summed E-state index contributed by atoms with van der Waals surface area (Å²) >= 11 is 6.06. The monoisotopic (exact) mass is 483 g/mol. The number of amides is 1. The number of ether oxygens (including phenoxy) is 1. The summed E-state index contributed by atoms with van der Waals surface area (Å²) in [6.45, 7) is 5.14. The van der Waals surface area contributed by atoms with E-state index in [1.807, 2.05) is 0 Å². The molecule has 172 valence electrons. The van der Waals surface area contributed by atoms with Crippen LogP contribution in [0.15, 0.2) is 47.4 Å². The molecule has 0 aliphatic rings. The van der Waals surface area contributed by atoms with Crippen molar-refractivity contribution in [2.75, 3.05) is 18.4 Å². The topological polar surface area (TPSA) is 136 Å². The van der Waals surface area contributed by atoms with Gasteiger partial charge in [-0.25, -0.2) is 13.2 Å². The Hall–Kier alpha value is -3.02. The molecule has 0 aliphatic heterocycles. The Balaban J connectivity index is 2.14. The zero-order valence-electron chi connectivity index (χ0n) is 17.6. The molecule has 2 aromatic rings. The lowest BCUT2D eigenvalue weighted by Crippen LogP contribution is -2.31. The van der Waals surface area contributed by atoms with Crippen LogP contribution in [-0.4, -0.2) is 48.7 Å². The Morgan fingerprint density at radius 1 is 1.16 bits per heavy atom. The summed E-state index contributed by atoms with van der Waals surface area (Å²) in [5.41, 5.74) is 0.0541. The number of esters is 1. The van der Waals surface area contributed by atoms with E-state index in [0.717, 1.165) is 6.07 Å². The Bertz CT molecular complexity index is 1120. The van der Waals surface area contributed by atoms with Gasteiger partial charge in [-0.1, -0.05) is 25.4 Å². The van der Waals surface area contributed by atoms with E-state index in [4.69, 9.17) is 16.3 Å². The Labute approximate surface area is 190 Å². The molecule has 0 aliphatic carbocycles. The first kappa shape index (κ1) is 25.2. The van der Waals surface area contributed by atoms with E-state index in [0.29, 0.717) is 0 Å². The van der Waals surface area contributed by atoms with E-state index in [1.54, 1.807) is 13.8 Å². The summed E-state index contributed by atoms with van der Waals surface area (Å²) in [7, 11) is -3.92. The minimum Gasteiger partial charge on any atom is -0.449 e. The molecule has 0 saturated heterocycles.